The summed E-state index contributed by atoms with van der Waals surface area (Å²) in [6.07, 6.45) is 2.76. The Hall–Kier alpha value is -3.16. The van der Waals surface area contributed by atoms with E-state index in [1.165, 1.54) is 18.4 Å². The van der Waals surface area contributed by atoms with Gasteiger partial charge in [-0.25, -0.2) is 0 Å². The third kappa shape index (κ3) is 7.42. The van der Waals surface area contributed by atoms with Crippen LogP contribution in [-0.4, -0.2) is 54.0 Å². The molecule has 0 amide bonds. The summed E-state index contributed by atoms with van der Waals surface area (Å²) in [7, 11) is 2.01. The average Bonchev–Trinajstić information content (AvgIpc) is 3.60. The number of anilines is 1. The van der Waals surface area contributed by atoms with Crippen LogP contribution in [0.3, 0.4) is 0 Å². The maximum Gasteiger partial charge on any atom is 0.305 e. The minimum absolute atomic E-state index is 0.00987. The number of rotatable bonds is 14. The van der Waals surface area contributed by atoms with Crippen LogP contribution in [-0.2, 0) is 22.6 Å². The Labute approximate surface area is 213 Å². The Balaban J connectivity index is 1.55. The first-order valence-corrected chi connectivity index (χ1v) is 12.9. The lowest BCUT2D eigenvalue weighted by Gasteiger charge is -2.26. The Morgan fingerprint density at radius 3 is 2.47 bits per heavy atom. The van der Waals surface area contributed by atoms with E-state index in [1.54, 1.807) is 0 Å². The first-order valence-electron chi connectivity index (χ1n) is 12.9. The van der Waals surface area contributed by atoms with Gasteiger partial charge in [0.05, 0.1) is 5.56 Å². The van der Waals surface area contributed by atoms with Crippen LogP contribution < -0.4 is 4.90 Å². The molecule has 0 aliphatic heterocycles. The Kier molecular flexibility index (Phi) is 9.14. The molecule has 1 saturated carbocycles. The molecule has 1 aliphatic rings. The van der Waals surface area contributed by atoms with E-state index in [4.69, 9.17) is 9.26 Å². The molecule has 0 bridgehead atoms. The highest BCUT2D eigenvalue weighted by molar-refractivity contribution is 5.69. The van der Waals surface area contributed by atoms with E-state index in [0.717, 1.165) is 35.7 Å². The lowest BCUT2D eigenvalue weighted by Crippen LogP contribution is -2.36. The third-order valence-electron chi connectivity index (χ3n) is 6.38. The fourth-order valence-corrected chi connectivity index (χ4v) is 4.40. The van der Waals surface area contributed by atoms with Crippen molar-refractivity contribution >= 4 is 11.9 Å². The monoisotopic (exact) mass is 491 g/mol. The van der Waals surface area contributed by atoms with Crippen molar-refractivity contribution in [3.63, 3.8) is 0 Å². The van der Waals surface area contributed by atoms with Crippen LogP contribution in [0.5, 0.6) is 0 Å². The standard InChI is InChI=1S/C29H37N3O4/c1-3-10-27(34)35-21-25(33)19-32(18-23-15-16-23)20-26-28(24-13-8-5-9-14-24)30-36-29(26)31(2)17-22-11-6-4-7-12-22/h4-9,11-14,23,25,33H,3,10,15-21H2,1-2H3/t25-/m0/s1. The predicted molar refractivity (Wildman–Crippen MR) is 140 cm³/mol. The molecule has 0 spiro atoms. The molecule has 192 valence electrons. The highest BCUT2D eigenvalue weighted by Gasteiger charge is 2.29. The molecule has 1 aliphatic carbocycles. The van der Waals surface area contributed by atoms with Gasteiger partial charge in [0.2, 0.25) is 5.88 Å². The Morgan fingerprint density at radius 1 is 1.11 bits per heavy atom. The van der Waals surface area contributed by atoms with Crippen molar-refractivity contribution in [3.05, 3.63) is 71.8 Å². The molecule has 4 rings (SSSR count). The van der Waals surface area contributed by atoms with E-state index in [-0.39, 0.29) is 12.6 Å². The molecule has 2 aromatic carbocycles. The molecular formula is C29H37N3O4. The van der Waals surface area contributed by atoms with E-state index in [0.29, 0.717) is 32.0 Å². The summed E-state index contributed by atoms with van der Waals surface area (Å²) < 4.78 is 11.2. The van der Waals surface area contributed by atoms with E-state index in [9.17, 15) is 9.90 Å². The minimum atomic E-state index is -0.755. The quantitative estimate of drug-likeness (QED) is 0.322. The molecule has 1 N–H and O–H groups in total. The second kappa shape index (κ2) is 12.7. The number of benzene rings is 2. The molecule has 1 heterocycles. The zero-order chi connectivity index (χ0) is 25.3. The number of carbonyl (C=O) groups excluding carboxylic acids is 1. The molecule has 1 aromatic heterocycles. The van der Waals surface area contributed by atoms with E-state index < -0.39 is 6.10 Å². The van der Waals surface area contributed by atoms with E-state index in [1.807, 2.05) is 62.5 Å². The largest absolute Gasteiger partial charge is 0.463 e. The lowest BCUT2D eigenvalue weighted by molar-refractivity contribution is -0.147. The van der Waals surface area contributed by atoms with Crippen molar-refractivity contribution in [1.29, 1.82) is 0 Å². The highest BCUT2D eigenvalue weighted by Crippen LogP contribution is 2.35. The Morgan fingerprint density at radius 2 is 1.81 bits per heavy atom. The first-order chi connectivity index (χ1) is 17.5. The number of nitrogens with zero attached hydrogens (tertiary/aromatic N) is 3. The second-order valence-corrected chi connectivity index (χ2v) is 9.75. The summed E-state index contributed by atoms with van der Waals surface area (Å²) in [6.45, 7) is 4.51. The summed E-state index contributed by atoms with van der Waals surface area (Å²) in [5.74, 6) is 1.09. The van der Waals surface area contributed by atoms with Crippen molar-refractivity contribution in [2.75, 3.05) is 31.6 Å². The van der Waals surface area contributed by atoms with Crippen LogP contribution in [0.25, 0.3) is 11.3 Å². The van der Waals surface area contributed by atoms with Crippen LogP contribution in [0.2, 0.25) is 0 Å². The van der Waals surface area contributed by atoms with Gasteiger partial charge >= 0.3 is 5.97 Å². The number of esters is 1. The molecular weight excluding hydrogens is 454 g/mol. The van der Waals surface area contributed by atoms with Gasteiger partial charge in [-0.1, -0.05) is 72.7 Å². The van der Waals surface area contributed by atoms with Gasteiger partial charge in [-0.15, -0.1) is 0 Å². The molecule has 7 nitrogen and oxygen atoms in total. The molecule has 0 unspecified atom stereocenters. The van der Waals surface area contributed by atoms with Crippen LogP contribution in [0.15, 0.2) is 65.2 Å². The molecule has 3 aromatic rings. The van der Waals surface area contributed by atoms with Gasteiger partial charge in [0.1, 0.15) is 18.4 Å². The van der Waals surface area contributed by atoms with Crippen molar-refractivity contribution in [2.24, 2.45) is 5.92 Å². The van der Waals surface area contributed by atoms with Crippen molar-refractivity contribution in [3.8, 4) is 11.3 Å². The van der Waals surface area contributed by atoms with Gasteiger partial charge in [0.25, 0.3) is 0 Å². The fourth-order valence-electron chi connectivity index (χ4n) is 4.40. The molecule has 1 atom stereocenters. The zero-order valence-corrected chi connectivity index (χ0v) is 21.3. The van der Waals surface area contributed by atoms with Crippen LogP contribution in [0.4, 0.5) is 5.88 Å². The normalized spacial score (nSPS) is 14.1. The van der Waals surface area contributed by atoms with Crippen molar-refractivity contribution in [2.45, 2.75) is 51.8 Å². The summed E-state index contributed by atoms with van der Waals surface area (Å²) in [6, 6.07) is 20.3. The topological polar surface area (TPSA) is 79.0 Å². The Bertz CT molecular complexity index is 1080. The van der Waals surface area contributed by atoms with Crippen LogP contribution in [0, 0.1) is 5.92 Å². The van der Waals surface area contributed by atoms with Gasteiger partial charge in [0, 0.05) is 45.2 Å². The second-order valence-electron chi connectivity index (χ2n) is 9.75. The third-order valence-corrected chi connectivity index (χ3v) is 6.38. The smallest absolute Gasteiger partial charge is 0.305 e. The maximum absolute atomic E-state index is 11.8. The summed E-state index contributed by atoms with van der Waals surface area (Å²) in [5, 5.41) is 15.2. The van der Waals surface area contributed by atoms with Crippen LogP contribution >= 0.6 is 0 Å². The number of hydrogen-bond donors (Lipinski definition) is 1. The van der Waals surface area contributed by atoms with Gasteiger partial charge in [-0.2, -0.15) is 0 Å². The van der Waals surface area contributed by atoms with Gasteiger partial charge in [-0.3, -0.25) is 9.69 Å². The van der Waals surface area contributed by atoms with Gasteiger partial charge in [0.15, 0.2) is 0 Å². The number of aromatic nitrogens is 1. The van der Waals surface area contributed by atoms with E-state index in [2.05, 4.69) is 27.1 Å². The number of carbonyl (C=O) groups is 1. The highest BCUT2D eigenvalue weighted by atomic mass is 16.5. The first kappa shape index (κ1) is 25.9. The number of aliphatic hydroxyl groups excluding tert-OH is 1. The number of ether oxygens (including phenoxy) is 1. The van der Waals surface area contributed by atoms with Gasteiger partial charge < -0.3 is 19.3 Å². The van der Waals surface area contributed by atoms with Crippen molar-refractivity contribution in [1.82, 2.24) is 10.1 Å². The maximum atomic E-state index is 11.8. The lowest BCUT2D eigenvalue weighted by atomic mass is 10.1. The predicted octanol–water partition coefficient (Wildman–Crippen LogP) is 4.89. The zero-order valence-electron chi connectivity index (χ0n) is 21.3. The summed E-state index contributed by atoms with van der Waals surface area (Å²) in [5.41, 5.74) is 3.99. The fraction of sp³-hybridized carbons (Fsp3) is 0.448. The molecule has 1 fully saturated rings. The number of hydrogen-bond acceptors (Lipinski definition) is 7. The van der Waals surface area contributed by atoms with Crippen molar-refractivity contribution < 1.29 is 19.2 Å². The average molecular weight is 492 g/mol. The van der Waals surface area contributed by atoms with E-state index >= 15 is 0 Å². The minimum Gasteiger partial charge on any atom is -0.463 e. The molecule has 0 radical (unpaired) electrons. The molecule has 0 saturated heterocycles. The summed E-state index contributed by atoms with van der Waals surface area (Å²) >= 11 is 0. The van der Waals surface area contributed by atoms with Gasteiger partial charge in [-0.05, 0) is 30.7 Å². The number of aliphatic hydroxyl groups is 1. The van der Waals surface area contributed by atoms with Crippen LogP contribution in [0.1, 0.15) is 43.7 Å². The summed E-state index contributed by atoms with van der Waals surface area (Å²) in [4.78, 5) is 16.1. The molecule has 36 heavy (non-hydrogen) atoms. The molecule has 7 heteroatoms. The SMILES string of the molecule is CCCC(=O)OC[C@@H](O)CN(Cc1c(-c2ccccc2)noc1N(C)Cc1ccccc1)CC1CC1.